The molecule has 0 saturated heterocycles. The number of hydrogen-bond donors (Lipinski definition) is 1. The topological polar surface area (TPSA) is 0 Å². The Labute approximate surface area is 61.8 Å². The van der Waals surface area contributed by atoms with Gasteiger partial charge < -0.3 is 0 Å². The van der Waals surface area contributed by atoms with Crippen LogP contribution in [0, 0.1) is 0 Å². The van der Waals surface area contributed by atoms with Crippen LogP contribution in [0.3, 0.4) is 0 Å². The van der Waals surface area contributed by atoms with Crippen LogP contribution >= 0.6 is 12.5 Å². The van der Waals surface area contributed by atoms with Gasteiger partial charge in [0.2, 0.25) is 0 Å². The van der Waals surface area contributed by atoms with Gasteiger partial charge in [0.05, 0.1) is 0 Å². The van der Waals surface area contributed by atoms with Crippen molar-refractivity contribution in [3.63, 3.8) is 0 Å². The highest BCUT2D eigenvalue weighted by atomic mass is 32.1. The van der Waals surface area contributed by atoms with Gasteiger partial charge in [0.1, 0.15) is 0 Å². The van der Waals surface area contributed by atoms with Crippen molar-refractivity contribution in [2.45, 2.75) is 6.32 Å². The lowest BCUT2D eigenvalue weighted by Gasteiger charge is -1.92. The van der Waals surface area contributed by atoms with Gasteiger partial charge in [-0.1, -0.05) is 35.9 Å². The number of hydrogen-bond acceptors (Lipinski definition) is 1. The van der Waals surface area contributed by atoms with E-state index in [1.165, 1.54) is 5.56 Å². The van der Waals surface area contributed by atoms with E-state index in [-0.39, 0.29) is 0 Å². The Morgan fingerprint density at radius 2 is 1.89 bits per heavy atom. The third kappa shape index (κ3) is 2.14. The average molecular weight is 136 g/mol. The minimum atomic E-state index is 0.935. The fraction of sp³-hybridized carbons (Fsp3) is 0.143. The molecule has 0 aliphatic rings. The number of benzene rings is 1. The summed E-state index contributed by atoms with van der Waals surface area (Å²) < 4.78 is 0. The number of rotatable bonds is 2. The minimum Gasteiger partial charge on any atom is -0.231 e. The van der Waals surface area contributed by atoms with Crippen LogP contribution in [-0.4, -0.2) is 6.56 Å². The Kier molecular flexibility index (Phi) is 2.72. The molecule has 0 unspecified atom stereocenters. The Bertz CT molecular complexity index is 162. The third-order valence-corrected chi connectivity index (χ3v) is 1.47. The summed E-state index contributed by atoms with van der Waals surface area (Å²) in [4.78, 5) is 0. The zero-order valence-electron chi connectivity index (χ0n) is 5.25. The highest BCUT2D eigenvalue weighted by Gasteiger charge is 1.86. The first-order chi connectivity index (χ1) is 4.43. The molecule has 0 bridgehead atoms. The molecule has 46 valence electrons. The molecule has 0 N–H and O–H groups in total. The summed E-state index contributed by atoms with van der Waals surface area (Å²) in [7, 11) is 0. The first kappa shape index (κ1) is 6.75. The number of thiol groups is 1. The molecule has 1 aromatic carbocycles. The molecule has 0 spiro atoms. The Morgan fingerprint density at radius 1 is 1.22 bits per heavy atom. The Hall–Kier alpha value is -0.365. The molecule has 0 nitrogen and oxygen atoms in total. The predicted octanol–water partition coefficient (Wildman–Crippen LogP) is 1.47. The monoisotopic (exact) mass is 136 g/mol. The molecule has 0 aliphatic heterocycles. The minimum absolute atomic E-state index is 0.935. The van der Waals surface area contributed by atoms with Gasteiger partial charge in [-0.2, -0.15) is 0 Å². The van der Waals surface area contributed by atoms with Crippen LogP contribution in [0.2, 0.25) is 0 Å². The van der Waals surface area contributed by atoms with Crippen molar-refractivity contribution in [1.29, 1.82) is 0 Å². The lowest BCUT2D eigenvalue weighted by molar-refractivity contribution is 1.40. The van der Waals surface area contributed by atoms with Crippen molar-refractivity contribution in [2.75, 3.05) is 0 Å². The second kappa shape index (κ2) is 3.62. The van der Waals surface area contributed by atoms with E-state index in [0.29, 0.717) is 0 Å². The highest BCUT2D eigenvalue weighted by Crippen LogP contribution is 1.98. The maximum Gasteiger partial charge on any atom is 0.191 e. The lowest BCUT2D eigenvalue weighted by atomic mass is 9.96. The van der Waals surface area contributed by atoms with Crippen LogP contribution in [0.4, 0.5) is 0 Å². The van der Waals surface area contributed by atoms with Crippen LogP contribution in [-0.2, 0) is 6.32 Å². The van der Waals surface area contributed by atoms with E-state index in [9.17, 15) is 0 Å². The van der Waals surface area contributed by atoms with E-state index in [2.05, 4.69) is 36.7 Å². The second-order valence-electron chi connectivity index (χ2n) is 1.96. The van der Waals surface area contributed by atoms with Crippen molar-refractivity contribution in [1.82, 2.24) is 0 Å². The largest absolute Gasteiger partial charge is 0.231 e. The first-order valence-electron chi connectivity index (χ1n) is 3.08. The second-order valence-corrected chi connectivity index (χ2v) is 2.41. The van der Waals surface area contributed by atoms with Crippen molar-refractivity contribution >= 4 is 19.0 Å². The van der Waals surface area contributed by atoms with Crippen LogP contribution in [0.1, 0.15) is 5.56 Å². The molecule has 0 heterocycles. The molecule has 1 rings (SSSR count). The van der Waals surface area contributed by atoms with Crippen molar-refractivity contribution in [3.8, 4) is 0 Å². The van der Waals surface area contributed by atoms with E-state index < -0.39 is 0 Å². The quantitative estimate of drug-likeness (QED) is 0.461. The summed E-state index contributed by atoms with van der Waals surface area (Å²) in [6.45, 7) is 0.935. The molecule has 0 saturated carbocycles. The van der Waals surface area contributed by atoms with E-state index in [0.717, 1.165) is 12.9 Å². The molecule has 9 heavy (non-hydrogen) atoms. The van der Waals surface area contributed by atoms with Crippen LogP contribution in [0.15, 0.2) is 30.3 Å². The van der Waals surface area contributed by atoms with Crippen molar-refractivity contribution in [2.24, 2.45) is 0 Å². The fourth-order valence-electron chi connectivity index (χ4n) is 0.774. The van der Waals surface area contributed by atoms with E-state index in [1.807, 2.05) is 6.07 Å². The first-order valence-corrected chi connectivity index (χ1v) is 3.71. The summed E-state index contributed by atoms with van der Waals surface area (Å²) in [5, 5.41) is 0. The van der Waals surface area contributed by atoms with Gasteiger partial charge in [-0.05, 0) is 6.32 Å². The van der Waals surface area contributed by atoms with Gasteiger partial charge in [0, 0.05) is 0 Å². The highest BCUT2D eigenvalue weighted by molar-refractivity contribution is 8.06. The average Bonchev–Trinajstić information content (AvgIpc) is 1.91. The Balaban J connectivity index is 2.61. The van der Waals surface area contributed by atoms with Gasteiger partial charge in [-0.3, -0.25) is 0 Å². The smallest absolute Gasteiger partial charge is 0.191 e. The molecule has 2 heteroatoms. The van der Waals surface area contributed by atoms with E-state index in [4.69, 9.17) is 0 Å². The molecule has 1 aromatic rings. The Morgan fingerprint density at radius 3 is 2.44 bits per heavy atom. The van der Waals surface area contributed by atoms with Crippen molar-refractivity contribution in [3.05, 3.63) is 35.9 Å². The summed E-state index contributed by atoms with van der Waals surface area (Å²) in [6.07, 6.45) is 1.07. The zero-order chi connectivity index (χ0) is 6.53. The molecule has 0 fully saturated rings. The summed E-state index contributed by atoms with van der Waals surface area (Å²) >= 11 is 4.13. The van der Waals surface area contributed by atoms with Gasteiger partial charge in [0.25, 0.3) is 0 Å². The fourth-order valence-corrected chi connectivity index (χ4v) is 1.03. The molecule has 0 aromatic heterocycles. The SMILES string of the molecule is SBCc1ccccc1. The summed E-state index contributed by atoms with van der Waals surface area (Å²) in [5.41, 5.74) is 1.37. The predicted molar refractivity (Wildman–Crippen MR) is 46.3 cm³/mol. The van der Waals surface area contributed by atoms with Crippen LogP contribution < -0.4 is 0 Å². The molecular weight excluding hydrogens is 127 g/mol. The molecule has 0 amide bonds. The third-order valence-electron chi connectivity index (χ3n) is 1.24. The molecule has 0 aliphatic carbocycles. The normalized spacial score (nSPS) is 9.00. The molecular formula is C7H9BS. The summed E-state index contributed by atoms with van der Waals surface area (Å²) in [6, 6.07) is 10.4. The maximum absolute atomic E-state index is 4.13. The standard InChI is InChI=1S/C7H9BS/c9-8-6-7-4-2-1-3-5-7/h1-5,8-9H,6H2. The molecule has 0 atom stereocenters. The van der Waals surface area contributed by atoms with Crippen LogP contribution in [0.5, 0.6) is 0 Å². The van der Waals surface area contributed by atoms with E-state index >= 15 is 0 Å². The summed E-state index contributed by atoms with van der Waals surface area (Å²) in [5.74, 6) is 0. The van der Waals surface area contributed by atoms with Gasteiger partial charge >= 0.3 is 0 Å². The zero-order valence-corrected chi connectivity index (χ0v) is 6.14. The van der Waals surface area contributed by atoms with Crippen LogP contribution in [0.25, 0.3) is 0 Å². The molecule has 0 radical (unpaired) electrons. The van der Waals surface area contributed by atoms with E-state index in [1.54, 1.807) is 0 Å². The lowest BCUT2D eigenvalue weighted by Crippen LogP contribution is -1.86. The van der Waals surface area contributed by atoms with Gasteiger partial charge in [-0.15, -0.1) is 0 Å². The van der Waals surface area contributed by atoms with Gasteiger partial charge in [-0.25, -0.2) is 12.5 Å². The van der Waals surface area contributed by atoms with Gasteiger partial charge in [0.15, 0.2) is 6.56 Å². The van der Waals surface area contributed by atoms with Crippen molar-refractivity contribution < 1.29 is 0 Å². The maximum atomic E-state index is 4.13.